The Morgan fingerprint density at radius 3 is 2.16 bits per heavy atom. The van der Waals surface area contributed by atoms with Gasteiger partial charge < -0.3 is 4.43 Å². The molecule has 1 aliphatic carbocycles. The maximum Gasteiger partial charge on any atom is 0.191 e. The second-order valence-corrected chi connectivity index (χ2v) is 12.2. The van der Waals surface area contributed by atoms with E-state index in [-0.39, 0.29) is 0 Å². The zero-order chi connectivity index (χ0) is 14.1. The lowest BCUT2D eigenvalue weighted by Crippen LogP contribution is -2.41. The Labute approximate surface area is 119 Å². The molecule has 1 aliphatic rings. The Morgan fingerprint density at radius 1 is 1.11 bits per heavy atom. The van der Waals surface area contributed by atoms with Crippen molar-refractivity contribution in [3.8, 4) is 0 Å². The second kappa shape index (κ2) is 5.41. The highest BCUT2D eigenvalue weighted by Crippen LogP contribution is 2.40. The molecule has 0 atom stereocenters. The van der Waals surface area contributed by atoms with Crippen LogP contribution in [0, 0.1) is 0 Å². The summed E-state index contributed by atoms with van der Waals surface area (Å²) < 4.78 is 6.23. The zero-order valence-electron chi connectivity index (χ0n) is 13.1. The van der Waals surface area contributed by atoms with Crippen molar-refractivity contribution in [2.24, 2.45) is 0 Å². The van der Waals surface area contributed by atoms with Gasteiger partial charge in [0.25, 0.3) is 0 Å². The monoisotopic (exact) mass is 276 g/mol. The van der Waals surface area contributed by atoms with Crippen LogP contribution >= 0.6 is 0 Å². The molecule has 1 nitrogen and oxygen atoms in total. The highest BCUT2D eigenvalue weighted by molar-refractivity contribution is 6.74. The lowest BCUT2D eigenvalue weighted by atomic mass is 10.1. The molecule has 0 unspecified atom stereocenters. The number of hydrogen-bond acceptors (Lipinski definition) is 1. The number of benzene rings is 1. The summed E-state index contributed by atoms with van der Waals surface area (Å²) in [7, 11) is -1.58. The van der Waals surface area contributed by atoms with E-state index in [4.69, 9.17) is 4.43 Å². The van der Waals surface area contributed by atoms with Gasteiger partial charge in [0, 0.05) is 6.61 Å². The van der Waals surface area contributed by atoms with Crippen LogP contribution in [-0.2, 0) is 10.8 Å². The van der Waals surface area contributed by atoms with Crippen molar-refractivity contribution in [3.63, 3.8) is 0 Å². The van der Waals surface area contributed by atoms with Gasteiger partial charge in [0.2, 0.25) is 0 Å². The van der Waals surface area contributed by atoms with Gasteiger partial charge >= 0.3 is 0 Å². The van der Waals surface area contributed by atoms with Crippen LogP contribution in [0.5, 0.6) is 0 Å². The van der Waals surface area contributed by atoms with Crippen LogP contribution in [0.1, 0.15) is 50.7 Å². The first-order chi connectivity index (χ1) is 8.79. The minimum absolute atomic E-state index is 0.308. The lowest BCUT2D eigenvalue weighted by Gasteiger charge is -2.36. The Hall–Kier alpha value is -0.603. The minimum Gasteiger partial charge on any atom is -0.416 e. The summed E-state index contributed by atoms with van der Waals surface area (Å²) in [5, 5.41) is 0.308. The van der Waals surface area contributed by atoms with Gasteiger partial charge in [-0.25, -0.2) is 0 Å². The van der Waals surface area contributed by atoms with Crippen molar-refractivity contribution in [1.82, 2.24) is 0 Å². The molecular weight excluding hydrogens is 248 g/mol. The predicted octanol–water partition coefficient (Wildman–Crippen LogP) is 5.13. The summed E-state index contributed by atoms with van der Waals surface area (Å²) in [6.45, 7) is 12.4. The third-order valence-electron chi connectivity index (χ3n) is 4.69. The fourth-order valence-corrected chi connectivity index (χ4v) is 3.06. The van der Waals surface area contributed by atoms with E-state index in [1.165, 1.54) is 24.0 Å². The first-order valence-electron chi connectivity index (χ1n) is 7.52. The molecule has 2 rings (SSSR count). The summed E-state index contributed by atoms with van der Waals surface area (Å²) in [4.78, 5) is 0. The normalized spacial score (nSPS) is 16.7. The first-order valence-corrected chi connectivity index (χ1v) is 10.4. The van der Waals surface area contributed by atoms with Gasteiger partial charge in [0.1, 0.15) is 0 Å². The van der Waals surface area contributed by atoms with Crippen LogP contribution in [0.3, 0.4) is 0 Å². The molecule has 0 bridgehead atoms. The maximum atomic E-state index is 6.23. The summed E-state index contributed by atoms with van der Waals surface area (Å²) in [6, 6.07) is 9.17. The maximum absolute atomic E-state index is 6.23. The molecule has 1 aromatic rings. The Kier molecular flexibility index (Phi) is 4.22. The third kappa shape index (κ3) is 3.93. The van der Waals surface area contributed by atoms with E-state index in [0.29, 0.717) is 5.04 Å². The van der Waals surface area contributed by atoms with Crippen LogP contribution in [0.2, 0.25) is 18.1 Å². The topological polar surface area (TPSA) is 9.23 Å². The van der Waals surface area contributed by atoms with Crippen molar-refractivity contribution < 1.29 is 4.43 Å². The number of hydrogen-bond donors (Lipinski definition) is 0. The summed E-state index contributed by atoms with van der Waals surface area (Å²) in [5.41, 5.74) is 2.93. The summed E-state index contributed by atoms with van der Waals surface area (Å²) in [5.74, 6) is 0.859. The van der Waals surface area contributed by atoms with Crippen LogP contribution in [0.25, 0.3) is 0 Å². The standard InChI is InChI=1S/C17H28OSi/c1-17(2,3)19(4,5)18-13-12-14-6-8-15(9-7-14)16-10-11-16/h6-9,16H,10-13H2,1-5H3. The van der Waals surface area contributed by atoms with Gasteiger partial charge in [-0.2, -0.15) is 0 Å². The summed E-state index contributed by atoms with van der Waals surface area (Å²) >= 11 is 0. The molecule has 0 radical (unpaired) electrons. The average molecular weight is 276 g/mol. The molecule has 0 saturated heterocycles. The smallest absolute Gasteiger partial charge is 0.191 e. The van der Waals surface area contributed by atoms with Crippen molar-refractivity contribution in [2.45, 2.75) is 64.1 Å². The van der Waals surface area contributed by atoms with E-state index in [2.05, 4.69) is 58.1 Å². The van der Waals surface area contributed by atoms with Crippen molar-refractivity contribution >= 4 is 8.32 Å². The van der Waals surface area contributed by atoms with E-state index in [0.717, 1.165) is 18.9 Å². The van der Waals surface area contributed by atoms with E-state index in [9.17, 15) is 0 Å². The quantitative estimate of drug-likeness (QED) is 0.678. The van der Waals surface area contributed by atoms with Gasteiger partial charge in [-0.05, 0) is 54.4 Å². The van der Waals surface area contributed by atoms with Crippen molar-refractivity contribution in [3.05, 3.63) is 35.4 Å². The lowest BCUT2D eigenvalue weighted by molar-refractivity contribution is 0.292. The molecule has 19 heavy (non-hydrogen) atoms. The second-order valence-electron chi connectivity index (χ2n) is 7.37. The Morgan fingerprint density at radius 2 is 1.68 bits per heavy atom. The molecule has 0 heterocycles. The van der Waals surface area contributed by atoms with Crippen LogP contribution in [-0.4, -0.2) is 14.9 Å². The molecule has 0 aromatic heterocycles. The molecule has 1 fully saturated rings. The zero-order valence-corrected chi connectivity index (χ0v) is 14.1. The van der Waals surface area contributed by atoms with E-state index >= 15 is 0 Å². The largest absolute Gasteiger partial charge is 0.416 e. The van der Waals surface area contributed by atoms with E-state index in [1.54, 1.807) is 0 Å². The van der Waals surface area contributed by atoms with Gasteiger partial charge in [-0.1, -0.05) is 45.0 Å². The Balaban J connectivity index is 1.82. The molecule has 2 heteroatoms. The van der Waals surface area contributed by atoms with E-state index < -0.39 is 8.32 Å². The van der Waals surface area contributed by atoms with Gasteiger partial charge in [-0.3, -0.25) is 0 Å². The SMILES string of the molecule is CC(C)(C)[Si](C)(C)OCCc1ccc(C2CC2)cc1. The summed E-state index contributed by atoms with van der Waals surface area (Å²) in [6.07, 6.45) is 3.80. The molecule has 0 amide bonds. The molecule has 1 saturated carbocycles. The van der Waals surface area contributed by atoms with E-state index in [1.807, 2.05) is 0 Å². The fraction of sp³-hybridized carbons (Fsp3) is 0.647. The molecule has 0 spiro atoms. The highest BCUT2D eigenvalue weighted by Gasteiger charge is 2.36. The highest BCUT2D eigenvalue weighted by atomic mass is 28.4. The molecule has 106 valence electrons. The fourth-order valence-electron chi connectivity index (χ4n) is 2.01. The van der Waals surface area contributed by atoms with Gasteiger partial charge in [-0.15, -0.1) is 0 Å². The molecular formula is C17H28OSi. The third-order valence-corrected chi connectivity index (χ3v) is 9.23. The Bertz CT molecular complexity index is 410. The van der Waals surface area contributed by atoms with Crippen LogP contribution < -0.4 is 0 Å². The van der Waals surface area contributed by atoms with Crippen LogP contribution in [0.4, 0.5) is 0 Å². The van der Waals surface area contributed by atoms with Crippen LogP contribution in [0.15, 0.2) is 24.3 Å². The molecule has 0 aliphatic heterocycles. The van der Waals surface area contributed by atoms with Gasteiger partial charge in [0.15, 0.2) is 8.32 Å². The first kappa shape index (κ1) is 14.8. The minimum atomic E-state index is -1.58. The molecule has 1 aromatic carbocycles. The van der Waals surface area contributed by atoms with Crippen molar-refractivity contribution in [1.29, 1.82) is 0 Å². The van der Waals surface area contributed by atoms with Crippen molar-refractivity contribution in [2.75, 3.05) is 6.61 Å². The average Bonchev–Trinajstić information content (AvgIpc) is 3.12. The predicted molar refractivity (Wildman–Crippen MR) is 85.3 cm³/mol. The molecule has 0 N–H and O–H groups in total. The van der Waals surface area contributed by atoms with Gasteiger partial charge in [0.05, 0.1) is 0 Å². The number of rotatable bonds is 5.